The highest BCUT2D eigenvalue weighted by Crippen LogP contribution is 2.19. The molecule has 8 nitrogen and oxygen atoms in total. The number of benzene rings is 2. The molecule has 3 aromatic rings. The molecular formula is C22H22N6O2. The van der Waals surface area contributed by atoms with E-state index < -0.39 is 0 Å². The fourth-order valence-electron chi connectivity index (χ4n) is 3.29. The molecule has 2 N–H and O–H groups in total. The maximum atomic E-state index is 12.2. The van der Waals surface area contributed by atoms with Crippen molar-refractivity contribution in [3.05, 3.63) is 77.9 Å². The third kappa shape index (κ3) is 4.96. The fraction of sp³-hybridized carbons (Fsp3) is 0.227. The Balaban J connectivity index is 1.29. The van der Waals surface area contributed by atoms with Crippen LogP contribution in [-0.2, 0) is 11.3 Å². The minimum absolute atomic E-state index is 0.192. The van der Waals surface area contributed by atoms with Gasteiger partial charge >= 0.3 is 0 Å². The molecule has 152 valence electrons. The second-order valence-corrected chi connectivity index (χ2v) is 7.18. The first kappa shape index (κ1) is 19.5. The highest BCUT2D eigenvalue weighted by atomic mass is 16.2. The van der Waals surface area contributed by atoms with Crippen LogP contribution < -0.4 is 10.9 Å². The summed E-state index contributed by atoms with van der Waals surface area (Å²) in [6.45, 7) is 0.438. The maximum Gasteiger partial charge on any atom is 0.269 e. The van der Waals surface area contributed by atoms with E-state index in [4.69, 9.17) is 0 Å². The number of hydrogen-bond donors (Lipinski definition) is 2. The Morgan fingerprint density at radius 1 is 1.03 bits per heavy atom. The van der Waals surface area contributed by atoms with Crippen LogP contribution >= 0.6 is 0 Å². The first-order valence-corrected chi connectivity index (χ1v) is 9.85. The van der Waals surface area contributed by atoms with E-state index in [1.165, 1.54) is 4.80 Å². The molecule has 1 unspecified atom stereocenters. The van der Waals surface area contributed by atoms with Crippen LogP contribution in [0.25, 0.3) is 11.4 Å². The predicted molar refractivity (Wildman–Crippen MR) is 111 cm³/mol. The Kier molecular flexibility index (Phi) is 5.93. The van der Waals surface area contributed by atoms with Crippen LogP contribution in [0.15, 0.2) is 66.7 Å². The molecule has 4 rings (SSSR count). The molecule has 1 aliphatic carbocycles. The molecule has 0 saturated heterocycles. The number of nitrogens with zero attached hydrogens (tertiary/aromatic N) is 4. The Hall–Kier alpha value is -3.81. The molecule has 0 saturated carbocycles. The second kappa shape index (κ2) is 9.13. The van der Waals surface area contributed by atoms with Gasteiger partial charge in [-0.25, -0.2) is 0 Å². The molecule has 0 aliphatic heterocycles. The number of hydrazine groups is 1. The number of aromatic nitrogens is 4. The average molecular weight is 402 g/mol. The van der Waals surface area contributed by atoms with Gasteiger partial charge in [0.1, 0.15) is 0 Å². The van der Waals surface area contributed by atoms with Gasteiger partial charge in [0.2, 0.25) is 11.7 Å². The van der Waals surface area contributed by atoms with E-state index in [0.29, 0.717) is 24.4 Å². The van der Waals surface area contributed by atoms with Crippen molar-refractivity contribution in [1.29, 1.82) is 0 Å². The molecule has 1 aliphatic rings. The fourth-order valence-corrected chi connectivity index (χ4v) is 3.29. The molecular weight excluding hydrogens is 380 g/mol. The first-order valence-electron chi connectivity index (χ1n) is 9.85. The van der Waals surface area contributed by atoms with Gasteiger partial charge in [0.25, 0.3) is 5.91 Å². The third-order valence-electron chi connectivity index (χ3n) is 4.90. The van der Waals surface area contributed by atoms with Gasteiger partial charge in [0.15, 0.2) is 0 Å². The lowest BCUT2D eigenvalue weighted by molar-refractivity contribution is -0.122. The van der Waals surface area contributed by atoms with E-state index in [1.807, 2.05) is 48.5 Å². The Labute approximate surface area is 174 Å². The van der Waals surface area contributed by atoms with Crippen LogP contribution in [0.5, 0.6) is 0 Å². The zero-order chi connectivity index (χ0) is 20.8. The molecule has 1 atom stereocenters. The molecule has 0 radical (unpaired) electrons. The molecule has 1 aromatic heterocycles. The van der Waals surface area contributed by atoms with Gasteiger partial charge in [-0.05, 0) is 41.7 Å². The van der Waals surface area contributed by atoms with Gasteiger partial charge in [-0.1, -0.05) is 54.6 Å². The molecule has 0 fully saturated rings. The number of rotatable bonds is 6. The van der Waals surface area contributed by atoms with Crippen LogP contribution in [0.4, 0.5) is 0 Å². The highest BCUT2D eigenvalue weighted by molar-refractivity contribution is 5.95. The van der Waals surface area contributed by atoms with Crippen LogP contribution in [0.1, 0.15) is 35.2 Å². The van der Waals surface area contributed by atoms with Crippen LogP contribution in [0.3, 0.4) is 0 Å². The number of amides is 2. The van der Waals surface area contributed by atoms with Gasteiger partial charge in [-0.2, -0.15) is 4.80 Å². The van der Waals surface area contributed by atoms with Gasteiger partial charge in [0.05, 0.1) is 6.54 Å². The van der Waals surface area contributed by atoms with Gasteiger partial charge in [-0.15, -0.1) is 10.2 Å². The largest absolute Gasteiger partial charge is 0.273 e. The minimum atomic E-state index is -0.359. The molecule has 1 heterocycles. The van der Waals surface area contributed by atoms with E-state index >= 15 is 0 Å². The zero-order valence-corrected chi connectivity index (χ0v) is 16.4. The van der Waals surface area contributed by atoms with Crippen molar-refractivity contribution in [1.82, 2.24) is 31.1 Å². The van der Waals surface area contributed by atoms with Crippen molar-refractivity contribution in [3.63, 3.8) is 0 Å². The Morgan fingerprint density at radius 3 is 2.57 bits per heavy atom. The molecule has 8 heteroatoms. The van der Waals surface area contributed by atoms with Gasteiger partial charge < -0.3 is 0 Å². The quantitative estimate of drug-likeness (QED) is 0.487. The summed E-state index contributed by atoms with van der Waals surface area (Å²) in [6.07, 6.45) is 6.50. The molecule has 2 aromatic carbocycles. The van der Waals surface area contributed by atoms with E-state index in [1.54, 1.807) is 12.1 Å². The average Bonchev–Trinajstić information content (AvgIpc) is 3.45. The first-order chi connectivity index (χ1) is 14.7. The summed E-state index contributed by atoms with van der Waals surface area (Å²) in [7, 11) is 0. The van der Waals surface area contributed by atoms with Crippen molar-refractivity contribution in [2.75, 3.05) is 0 Å². The van der Waals surface area contributed by atoms with E-state index in [0.717, 1.165) is 24.0 Å². The van der Waals surface area contributed by atoms with Crippen molar-refractivity contribution < 1.29 is 9.59 Å². The SMILES string of the molecule is O=C(CC1C=CCC1)NNC(=O)c1ccc(Cn2nnc(-c3ccccc3)n2)cc1. The van der Waals surface area contributed by atoms with Crippen molar-refractivity contribution in [2.24, 2.45) is 5.92 Å². The smallest absolute Gasteiger partial charge is 0.269 e. The molecule has 2 amide bonds. The Bertz CT molecular complexity index is 1040. The lowest BCUT2D eigenvalue weighted by Gasteiger charge is -2.10. The van der Waals surface area contributed by atoms with Crippen molar-refractivity contribution in [3.8, 4) is 11.4 Å². The minimum Gasteiger partial charge on any atom is -0.273 e. The second-order valence-electron chi connectivity index (χ2n) is 7.18. The number of nitrogens with one attached hydrogen (secondary N) is 2. The summed E-state index contributed by atoms with van der Waals surface area (Å²) in [5.74, 6) is 0.273. The summed E-state index contributed by atoms with van der Waals surface area (Å²) in [5, 5.41) is 12.5. The summed E-state index contributed by atoms with van der Waals surface area (Å²) in [6, 6.07) is 16.7. The summed E-state index contributed by atoms with van der Waals surface area (Å²) in [5.41, 5.74) is 7.23. The number of tetrazole rings is 1. The third-order valence-corrected chi connectivity index (χ3v) is 4.90. The maximum absolute atomic E-state index is 12.2. The number of carbonyl (C=O) groups is 2. The lowest BCUT2D eigenvalue weighted by atomic mass is 10.1. The molecule has 0 spiro atoms. The predicted octanol–water partition coefficient (Wildman–Crippen LogP) is 2.51. The van der Waals surface area contributed by atoms with Crippen LogP contribution in [0.2, 0.25) is 0 Å². The van der Waals surface area contributed by atoms with Crippen LogP contribution in [-0.4, -0.2) is 32.0 Å². The summed E-state index contributed by atoms with van der Waals surface area (Å²) in [4.78, 5) is 25.7. The molecule has 30 heavy (non-hydrogen) atoms. The van der Waals surface area contributed by atoms with Gasteiger partial charge in [0, 0.05) is 17.5 Å². The van der Waals surface area contributed by atoms with Crippen molar-refractivity contribution >= 4 is 11.8 Å². The standard InChI is InChI=1S/C22H22N6O2/c29-20(14-16-6-4-5-7-16)23-25-22(30)19-12-10-17(11-13-19)15-28-26-21(24-27-28)18-8-2-1-3-9-18/h1-4,6,8-13,16H,5,7,14-15H2,(H,23,29)(H,25,30). The number of carbonyl (C=O) groups excluding carboxylic acids is 2. The van der Waals surface area contributed by atoms with Crippen molar-refractivity contribution in [2.45, 2.75) is 25.8 Å². The van der Waals surface area contributed by atoms with Gasteiger partial charge in [-0.3, -0.25) is 20.4 Å². The zero-order valence-electron chi connectivity index (χ0n) is 16.4. The van der Waals surface area contributed by atoms with E-state index in [2.05, 4.69) is 32.3 Å². The summed E-state index contributed by atoms with van der Waals surface area (Å²) >= 11 is 0. The molecule has 0 bridgehead atoms. The normalized spacial score (nSPS) is 15.1. The van der Waals surface area contributed by atoms with Crippen LogP contribution in [0, 0.1) is 5.92 Å². The highest BCUT2D eigenvalue weighted by Gasteiger charge is 2.15. The monoisotopic (exact) mass is 402 g/mol. The lowest BCUT2D eigenvalue weighted by Crippen LogP contribution is -2.42. The Morgan fingerprint density at radius 2 is 1.83 bits per heavy atom. The number of allylic oxidation sites excluding steroid dienone is 2. The number of hydrogen-bond acceptors (Lipinski definition) is 5. The topological polar surface area (TPSA) is 102 Å². The van der Waals surface area contributed by atoms with E-state index in [-0.39, 0.29) is 17.7 Å². The van der Waals surface area contributed by atoms with E-state index in [9.17, 15) is 9.59 Å². The summed E-state index contributed by atoms with van der Waals surface area (Å²) < 4.78 is 0.